The van der Waals surface area contributed by atoms with E-state index in [1.54, 1.807) is 12.5 Å². The molecule has 0 N–H and O–H groups in total. The first-order valence-electron chi connectivity index (χ1n) is 7.32. The molecule has 0 amide bonds. The first-order chi connectivity index (χ1) is 10.2. The average molecular weight is 337 g/mol. The van der Waals surface area contributed by atoms with Crippen molar-refractivity contribution in [1.82, 2.24) is 9.97 Å². The highest BCUT2D eigenvalue weighted by Crippen LogP contribution is 2.37. The zero-order chi connectivity index (χ0) is 16.4. The van der Waals surface area contributed by atoms with Crippen molar-refractivity contribution in [2.24, 2.45) is 0 Å². The summed E-state index contributed by atoms with van der Waals surface area (Å²) < 4.78 is 11.9. The smallest absolute Gasteiger partial charge is 0.192 e. The van der Waals surface area contributed by atoms with Crippen LogP contribution in [0.2, 0.25) is 18.1 Å². The molecule has 4 nitrogen and oxygen atoms in total. The Morgan fingerprint density at radius 2 is 2.05 bits per heavy atom. The van der Waals surface area contributed by atoms with Crippen LogP contribution >= 0.6 is 11.8 Å². The number of furan rings is 1. The zero-order valence-electron chi connectivity index (χ0n) is 14.1. The fourth-order valence-electron chi connectivity index (χ4n) is 1.64. The van der Waals surface area contributed by atoms with Crippen molar-refractivity contribution in [2.45, 2.75) is 50.7 Å². The molecule has 2 aromatic heterocycles. The number of rotatable bonds is 5. The lowest BCUT2D eigenvalue weighted by atomic mass is 10.2. The van der Waals surface area contributed by atoms with Crippen LogP contribution < -0.4 is 0 Å². The molecule has 0 fully saturated rings. The Bertz CT molecular complexity index is 635. The SMILES string of the molecule is CSc1nccc(-c2cc(CO[Si](C)(C)C(C)(C)C)co2)n1. The van der Waals surface area contributed by atoms with E-state index in [0.29, 0.717) is 6.61 Å². The van der Waals surface area contributed by atoms with Gasteiger partial charge in [0.05, 0.1) is 12.9 Å². The van der Waals surface area contributed by atoms with E-state index in [-0.39, 0.29) is 5.04 Å². The normalized spacial score (nSPS) is 12.6. The van der Waals surface area contributed by atoms with Gasteiger partial charge in [-0.25, -0.2) is 9.97 Å². The molecule has 0 aliphatic heterocycles. The van der Waals surface area contributed by atoms with Crippen LogP contribution in [0, 0.1) is 0 Å². The minimum Gasteiger partial charge on any atom is -0.462 e. The summed E-state index contributed by atoms with van der Waals surface area (Å²) in [6.07, 6.45) is 5.46. The topological polar surface area (TPSA) is 48.2 Å². The third-order valence-corrected chi connectivity index (χ3v) is 9.17. The predicted octanol–water partition coefficient (Wildman–Crippen LogP) is 4.98. The second-order valence-electron chi connectivity index (χ2n) is 6.80. The standard InChI is InChI=1S/C16H24N2O2SSi/c1-16(2,3)22(5,6)20-11-12-9-14(19-10-12)13-7-8-17-15(18-13)21-4/h7-10H,11H2,1-6H3. The van der Waals surface area contributed by atoms with Gasteiger partial charge >= 0.3 is 0 Å². The summed E-state index contributed by atoms with van der Waals surface area (Å²) in [6, 6.07) is 3.86. The molecule has 0 saturated carbocycles. The van der Waals surface area contributed by atoms with Gasteiger partial charge in [-0.3, -0.25) is 0 Å². The highest BCUT2D eigenvalue weighted by Gasteiger charge is 2.37. The first kappa shape index (κ1) is 17.2. The van der Waals surface area contributed by atoms with Gasteiger partial charge in [0, 0.05) is 11.8 Å². The van der Waals surface area contributed by atoms with E-state index in [4.69, 9.17) is 8.84 Å². The zero-order valence-corrected chi connectivity index (χ0v) is 16.0. The van der Waals surface area contributed by atoms with E-state index < -0.39 is 8.32 Å². The van der Waals surface area contributed by atoms with Crippen molar-refractivity contribution in [2.75, 3.05) is 6.26 Å². The van der Waals surface area contributed by atoms with Gasteiger partial charge in [-0.15, -0.1) is 0 Å². The van der Waals surface area contributed by atoms with Crippen molar-refractivity contribution in [3.63, 3.8) is 0 Å². The molecule has 0 aliphatic carbocycles. The molecule has 22 heavy (non-hydrogen) atoms. The van der Waals surface area contributed by atoms with Crippen molar-refractivity contribution < 1.29 is 8.84 Å². The summed E-state index contributed by atoms with van der Waals surface area (Å²) in [4.78, 5) is 8.63. The lowest BCUT2D eigenvalue weighted by Crippen LogP contribution is -2.40. The molecular weight excluding hydrogens is 312 g/mol. The van der Waals surface area contributed by atoms with Crippen LogP contribution in [0.15, 0.2) is 34.2 Å². The molecule has 0 aliphatic rings. The fraction of sp³-hybridized carbons (Fsp3) is 0.500. The number of aromatic nitrogens is 2. The van der Waals surface area contributed by atoms with Crippen LogP contribution in [0.1, 0.15) is 26.3 Å². The Labute approximate surface area is 137 Å². The summed E-state index contributed by atoms with van der Waals surface area (Å²) in [5, 5.41) is 0.951. The van der Waals surface area contributed by atoms with E-state index in [1.165, 1.54) is 11.8 Å². The third-order valence-electron chi connectivity index (χ3n) is 4.13. The Morgan fingerprint density at radius 1 is 1.32 bits per heavy atom. The summed E-state index contributed by atoms with van der Waals surface area (Å²) in [5.41, 5.74) is 1.85. The maximum atomic E-state index is 6.22. The van der Waals surface area contributed by atoms with Crippen LogP contribution in [0.25, 0.3) is 11.5 Å². The number of thioether (sulfide) groups is 1. The molecule has 2 heterocycles. The molecule has 0 atom stereocenters. The van der Waals surface area contributed by atoms with Gasteiger partial charge in [0.15, 0.2) is 19.2 Å². The summed E-state index contributed by atoms with van der Waals surface area (Å²) in [7, 11) is -1.74. The van der Waals surface area contributed by atoms with Gasteiger partial charge in [-0.1, -0.05) is 32.5 Å². The average Bonchev–Trinajstić information content (AvgIpc) is 2.93. The lowest BCUT2D eigenvalue weighted by Gasteiger charge is -2.36. The maximum Gasteiger partial charge on any atom is 0.192 e. The lowest BCUT2D eigenvalue weighted by molar-refractivity contribution is 0.275. The van der Waals surface area contributed by atoms with Gasteiger partial charge in [0.1, 0.15) is 5.69 Å². The van der Waals surface area contributed by atoms with E-state index in [1.807, 2.05) is 18.4 Å². The molecule has 0 saturated heterocycles. The molecule has 0 unspecified atom stereocenters. The Balaban J connectivity index is 2.09. The largest absolute Gasteiger partial charge is 0.462 e. The fourth-order valence-corrected chi connectivity index (χ4v) is 2.96. The Morgan fingerprint density at radius 3 is 2.68 bits per heavy atom. The van der Waals surface area contributed by atoms with Crippen LogP contribution in [-0.4, -0.2) is 24.5 Å². The van der Waals surface area contributed by atoms with Gasteiger partial charge < -0.3 is 8.84 Å². The van der Waals surface area contributed by atoms with E-state index >= 15 is 0 Å². The van der Waals surface area contributed by atoms with Gasteiger partial charge in [-0.05, 0) is 36.5 Å². The second-order valence-corrected chi connectivity index (χ2v) is 12.4. The number of hydrogen-bond donors (Lipinski definition) is 0. The van der Waals surface area contributed by atoms with E-state index in [9.17, 15) is 0 Å². The summed E-state index contributed by atoms with van der Waals surface area (Å²) in [5.74, 6) is 0.756. The molecule has 0 radical (unpaired) electrons. The van der Waals surface area contributed by atoms with E-state index in [2.05, 4.69) is 43.8 Å². The predicted molar refractivity (Wildman–Crippen MR) is 93.5 cm³/mol. The van der Waals surface area contributed by atoms with Crippen molar-refractivity contribution in [3.05, 3.63) is 30.2 Å². The molecule has 2 rings (SSSR count). The van der Waals surface area contributed by atoms with Gasteiger partial charge in [0.2, 0.25) is 0 Å². The van der Waals surface area contributed by atoms with Crippen LogP contribution in [-0.2, 0) is 11.0 Å². The first-order valence-corrected chi connectivity index (χ1v) is 11.4. The van der Waals surface area contributed by atoms with Gasteiger partial charge in [-0.2, -0.15) is 0 Å². The van der Waals surface area contributed by atoms with Crippen LogP contribution in [0.4, 0.5) is 0 Å². The number of nitrogens with zero attached hydrogens (tertiary/aromatic N) is 2. The highest BCUT2D eigenvalue weighted by molar-refractivity contribution is 7.98. The van der Waals surface area contributed by atoms with Crippen LogP contribution in [0.5, 0.6) is 0 Å². The van der Waals surface area contributed by atoms with Crippen molar-refractivity contribution >= 4 is 20.1 Å². The van der Waals surface area contributed by atoms with Crippen molar-refractivity contribution in [1.29, 1.82) is 0 Å². The minimum atomic E-state index is -1.74. The molecule has 2 aromatic rings. The minimum absolute atomic E-state index is 0.208. The second kappa shape index (κ2) is 6.56. The molecule has 0 aromatic carbocycles. The van der Waals surface area contributed by atoms with Gasteiger partial charge in [0.25, 0.3) is 0 Å². The maximum absolute atomic E-state index is 6.22. The summed E-state index contributed by atoms with van der Waals surface area (Å²) in [6.45, 7) is 11.8. The molecule has 120 valence electrons. The van der Waals surface area contributed by atoms with Crippen LogP contribution in [0.3, 0.4) is 0 Å². The van der Waals surface area contributed by atoms with Crippen molar-refractivity contribution in [3.8, 4) is 11.5 Å². The number of hydrogen-bond acceptors (Lipinski definition) is 5. The highest BCUT2D eigenvalue weighted by atomic mass is 32.2. The Hall–Kier alpha value is -1.11. The molecule has 6 heteroatoms. The Kier molecular flexibility index (Phi) is 5.14. The monoisotopic (exact) mass is 336 g/mol. The third kappa shape index (κ3) is 4.00. The molecular formula is C16H24N2O2SSi. The summed E-state index contributed by atoms with van der Waals surface area (Å²) >= 11 is 1.52. The van der Waals surface area contributed by atoms with E-state index in [0.717, 1.165) is 22.2 Å². The quantitative estimate of drug-likeness (QED) is 0.438. The molecule has 0 spiro atoms. The molecule has 0 bridgehead atoms.